The molecule has 0 spiro atoms. The van der Waals surface area contributed by atoms with Crippen molar-refractivity contribution in [2.45, 2.75) is 19.4 Å². The van der Waals surface area contributed by atoms with Crippen molar-refractivity contribution in [1.82, 2.24) is 14.4 Å². The van der Waals surface area contributed by atoms with Gasteiger partial charge in [-0.15, -0.1) is 0 Å². The number of imidazole rings is 1. The van der Waals surface area contributed by atoms with Crippen molar-refractivity contribution in [1.29, 1.82) is 0 Å². The Kier molecular flexibility index (Phi) is 3.96. The summed E-state index contributed by atoms with van der Waals surface area (Å²) in [5.41, 5.74) is 5.10. The second kappa shape index (κ2) is 6.54. The summed E-state index contributed by atoms with van der Waals surface area (Å²) in [6.45, 7) is 3.61. The molecule has 0 radical (unpaired) electrons. The number of aromatic nitrogens is 3. The van der Waals surface area contributed by atoms with Crippen molar-refractivity contribution in [2.75, 3.05) is 0 Å². The van der Waals surface area contributed by atoms with Gasteiger partial charge in [0, 0.05) is 35.7 Å². The van der Waals surface area contributed by atoms with E-state index in [1.165, 1.54) is 0 Å². The first kappa shape index (κ1) is 17.6. The van der Waals surface area contributed by atoms with E-state index in [2.05, 4.69) is 46.0 Å². The summed E-state index contributed by atoms with van der Waals surface area (Å²) in [6.07, 6.45) is 7.84. The van der Waals surface area contributed by atoms with E-state index >= 15 is 0 Å². The summed E-state index contributed by atoms with van der Waals surface area (Å²) in [5.74, 6) is 0. The number of fused-ring (bicyclic) bond motifs is 2. The fourth-order valence-corrected chi connectivity index (χ4v) is 3.72. The highest BCUT2D eigenvalue weighted by Gasteiger charge is 2.16. The van der Waals surface area contributed by atoms with E-state index in [9.17, 15) is 5.11 Å². The Balaban J connectivity index is 1.61. The van der Waals surface area contributed by atoms with Crippen LogP contribution in [0.1, 0.15) is 19.4 Å². The van der Waals surface area contributed by atoms with Crippen LogP contribution in [0.5, 0.6) is 0 Å². The van der Waals surface area contributed by atoms with E-state index in [-0.39, 0.29) is 0 Å². The van der Waals surface area contributed by atoms with Gasteiger partial charge in [0.25, 0.3) is 0 Å². The summed E-state index contributed by atoms with van der Waals surface area (Å²) in [6, 6.07) is 20.4. The lowest BCUT2D eigenvalue weighted by Crippen LogP contribution is -2.15. The minimum absolute atomic E-state index is 0.870. The molecule has 0 aliphatic heterocycles. The van der Waals surface area contributed by atoms with Gasteiger partial charge in [0.2, 0.25) is 0 Å². The van der Waals surface area contributed by atoms with Crippen molar-refractivity contribution < 1.29 is 5.11 Å². The summed E-state index contributed by atoms with van der Waals surface area (Å²) < 4.78 is 2.06. The van der Waals surface area contributed by atoms with Crippen molar-refractivity contribution in [3.63, 3.8) is 0 Å². The molecule has 3 aromatic heterocycles. The smallest absolute Gasteiger partial charge is 0.137 e. The van der Waals surface area contributed by atoms with Gasteiger partial charge in [-0.3, -0.25) is 4.98 Å². The van der Waals surface area contributed by atoms with Gasteiger partial charge in [-0.2, -0.15) is 0 Å². The zero-order valence-electron chi connectivity index (χ0n) is 16.4. The summed E-state index contributed by atoms with van der Waals surface area (Å²) in [4.78, 5) is 9.04. The molecule has 142 valence electrons. The van der Waals surface area contributed by atoms with Crippen LogP contribution >= 0.6 is 0 Å². The number of benzene rings is 2. The molecule has 3 heterocycles. The fraction of sp³-hybridized carbons (Fsp3) is 0.120. The van der Waals surface area contributed by atoms with Crippen LogP contribution in [-0.4, -0.2) is 19.5 Å². The van der Waals surface area contributed by atoms with Crippen LogP contribution in [0.4, 0.5) is 0 Å². The maximum atomic E-state index is 10.3. The highest BCUT2D eigenvalue weighted by molar-refractivity contribution is 5.95. The van der Waals surface area contributed by atoms with Gasteiger partial charge in [0.15, 0.2) is 0 Å². The molecule has 29 heavy (non-hydrogen) atoms. The van der Waals surface area contributed by atoms with E-state index in [1.54, 1.807) is 13.8 Å². The summed E-state index contributed by atoms with van der Waals surface area (Å²) in [5, 5.41) is 12.6. The van der Waals surface area contributed by atoms with Crippen LogP contribution in [0.25, 0.3) is 38.8 Å². The highest BCUT2D eigenvalue weighted by atomic mass is 16.3. The van der Waals surface area contributed by atoms with Crippen LogP contribution in [-0.2, 0) is 5.60 Å². The molecule has 0 fully saturated rings. The lowest BCUT2D eigenvalue weighted by Gasteiger charge is -2.18. The molecule has 2 aromatic carbocycles. The Bertz CT molecular complexity index is 1340. The number of hydrogen-bond acceptors (Lipinski definition) is 3. The van der Waals surface area contributed by atoms with Gasteiger partial charge in [0.05, 0.1) is 11.3 Å². The first-order valence-electron chi connectivity index (χ1n) is 9.64. The van der Waals surface area contributed by atoms with Crippen molar-refractivity contribution in [3.8, 4) is 22.4 Å². The zero-order chi connectivity index (χ0) is 20.0. The van der Waals surface area contributed by atoms with Gasteiger partial charge < -0.3 is 9.51 Å². The highest BCUT2D eigenvalue weighted by Crippen LogP contribution is 2.30. The number of nitrogens with zero attached hydrogens (tertiary/aromatic N) is 3. The molecule has 0 amide bonds. The zero-order valence-corrected chi connectivity index (χ0v) is 16.4. The SMILES string of the molecule is CC(C)(O)c1cccc(-c2ccc3nc(-c4cccc5cnccc45)cn3c2)c1. The van der Waals surface area contributed by atoms with Crippen molar-refractivity contribution in [2.24, 2.45) is 0 Å². The fourth-order valence-electron chi connectivity index (χ4n) is 3.72. The van der Waals surface area contributed by atoms with E-state index in [1.807, 2.05) is 48.8 Å². The molecule has 4 nitrogen and oxygen atoms in total. The van der Waals surface area contributed by atoms with E-state index < -0.39 is 5.60 Å². The number of pyridine rings is 2. The average Bonchev–Trinajstić information content (AvgIpc) is 3.16. The van der Waals surface area contributed by atoms with Gasteiger partial charge in [0.1, 0.15) is 5.65 Å². The average molecular weight is 379 g/mol. The predicted molar refractivity (Wildman–Crippen MR) is 117 cm³/mol. The third kappa shape index (κ3) is 3.18. The van der Waals surface area contributed by atoms with Crippen LogP contribution in [0.15, 0.2) is 85.5 Å². The summed E-state index contributed by atoms with van der Waals surface area (Å²) >= 11 is 0. The third-order valence-electron chi connectivity index (χ3n) is 5.31. The van der Waals surface area contributed by atoms with E-state index in [4.69, 9.17) is 4.98 Å². The van der Waals surface area contributed by atoms with Crippen LogP contribution < -0.4 is 0 Å². The normalized spacial score (nSPS) is 12.0. The van der Waals surface area contributed by atoms with Crippen LogP contribution in [0.2, 0.25) is 0 Å². The van der Waals surface area contributed by atoms with Gasteiger partial charge in [-0.25, -0.2) is 4.98 Å². The molecule has 0 aliphatic carbocycles. The molecule has 0 bridgehead atoms. The van der Waals surface area contributed by atoms with Crippen LogP contribution in [0, 0.1) is 0 Å². The molecule has 0 unspecified atom stereocenters. The Morgan fingerprint density at radius 1 is 0.897 bits per heavy atom. The van der Waals surface area contributed by atoms with Gasteiger partial charge >= 0.3 is 0 Å². The first-order chi connectivity index (χ1) is 14.0. The maximum Gasteiger partial charge on any atom is 0.137 e. The lowest BCUT2D eigenvalue weighted by molar-refractivity contribution is 0.0786. The molecule has 0 saturated heterocycles. The Morgan fingerprint density at radius 2 is 1.76 bits per heavy atom. The number of rotatable bonds is 3. The standard InChI is InChI=1S/C25H21N3O/c1-25(2,29)20-7-3-5-17(13-20)19-9-10-24-27-23(16-28(24)15-19)22-8-4-6-18-14-26-12-11-21(18)22/h3-16,29H,1-2H3. The second-order valence-corrected chi connectivity index (χ2v) is 7.85. The molecular formula is C25H21N3O. The van der Waals surface area contributed by atoms with Gasteiger partial charge in [-0.1, -0.05) is 36.4 Å². The molecule has 5 aromatic rings. The summed E-state index contributed by atoms with van der Waals surface area (Å²) in [7, 11) is 0. The first-order valence-corrected chi connectivity index (χ1v) is 9.64. The monoisotopic (exact) mass is 379 g/mol. The van der Waals surface area contributed by atoms with Gasteiger partial charge in [-0.05, 0) is 60.2 Å². The topological polar surface area (TPSA) is 50.4 Å². The lowest BCUT2D eigenvalue weighted by atomic mass is 9.95. The Morgan fingerprint density at radius 3 is 2.62 bits per heavy atom. The molecule has 4 heteroatoms. The minimum atomic E-state index is -0.870. The van der Waals surface area contributed by atoms with E-state index in [0.29, 0.717) is 0 Å². The molecule has 5 rings (SSSR count). The van der Waals surface area contributed by atoms with Crippen LogP contribution in [0.3, 0.4) is 0 Å². The molecule has 0 atom stereocenters. The Labute approximate surface area is 169 Å². The maximum absolute atomic E-state index is 10.3. The number of hydrogen-bond donors (Lipinski definition) is 1. The van der Waals surface area contributed by atoms with Crippen molar-refractivity contribution in [3.05, 3.63) is 91.0 Å². The van der Waals surface area contributed by atoms with Crippen molar-refractivity contribution >= 4 is 16.4 Å². The minimum Gasteiger partial charge on any atom is -0.386 e. The Hall–Kier alpha value is -3.50. The largest absolute Gasteiger partial charge is 0.386 e. The second-order valence-electron chi connectivity index (χ2n) is 7.85. The quantitative estimate of drug-likeness (QED) is 0.454. The molecule has 1 N–H and O–H groups in total. The third-order valence-corrected chi connectivity index (χ3v) is 5.31. The van der Waals surface area contributed by atoms with E-state index in [0.717, 1.165) is 44.4 Å². The molecular weight excluding hydrogens is 358 g/mol. The molecule has 0 aliphatic rings. The molecule has 0 saturated carbocycles. The number of aliphatic hydroxyl groups is 1. The predicted octanol–water partition coefficient (Wildman–Crippen LogP) is 5.44.